The number of nitrogens with one attached hydrogen (secondary N) is 1. The molecule has 1 fully saturated rings. The molecule has 110 valence electrons. The SMILES string of the molecule is N=C(Cc1cccc(C(F)(F)F)c1)SC1CCCCC1. The first-order chi connectivity index (χ1) is 9.45. The molecule has 1 saturated carbocycles. The van der Waals surface area contributed by atoms with Gasteiger partial charge in [0, 0.05) is 11.7 Å². The van der Waals surface area contributed by atoms with E-state index >= 15 is 0 Å². The summed E-state index contributed by atoms with van der Waals surface area (Å²) in [5, 5.41) is 8.91. The van der Waals surface area contributed by atoms with E-state index in [-0.39, 0.29) is 0 Å². The highest BCUT2D eigenvalue weighted by Crippen LogP contribution is 2.31. The van der Waals surface area contributed by atoms with E-state index in [4.69, 9.17) is 5.41 Å². The maximum Gasteiger partial charge on any atom is 0.416 e. The molecule has 0 saturated heterocycles. The lowest BCUT2D eigenvalue weighted by Crippen LogP contribution is -2.12. The Labute approximate surface area is 121 Å². The van der Waals surface area contributed by atoms with Crippen LogP contribution in [0.4, 0.5) is 13.2 Å². The molecule has 1 N–H and O–H groups in total. The Hall–Kier alpha value is -0.970. The summed E-state index contributed by atoms with van der Waals surface area (Å²) in [6.45, 7) is 0. The maximum atomic E-state index is 12.6. The van der Waals surface area contributed by atoms with Crippen molar-refractivity contribution in [2.75, 3.05) is 0 Å². The van der Waals surface area contributed by atoms with Gasteiger partial charge in [0.05, 0.1) is 10.6 Å². The molecule has 5 heteroatoms. The van der Waals surface area contributed by atoms with Gasteiger partial charge in [0.15, 0.2) is 0 Å². The fraction of sp³-hybridized carbons (Fsp3) is 0.533. The lowest BCUT2D eigenvalue weighted by atomic mass is 10.0. The van der Waals surface area contributed by atoms with Gasteiger partial charge in [-0.15, -0.1) is 11.8 Å². The second-order valence-corrected chi connectivity index (χ2v) is 6.57. The molecule has 0 aromatic heterocycles. The third kappa shape index (κ3) is 4.54. The summed E-state index contributed by atoms with van der Waals surface area (Å²) in [4.78, 5) is 0. The second-order valence-electron chi connectivity index (χ2n) is 5.18. The van der Waals surface area contributed by atoms with Gasteiger partial charge in [-0.1, -0.05) is 37.5 Å². The minimum absolute atomic E-state index is 0.297. The zero-order valence-electron chi connectivity index (χ0n) is 11.2. The minimum Gasteiger partial charge on any atom is -0.298 e. The van der Waals surface area contributed by atoms with Crippen molar-refractivity contribution in [3.8, 4) is 0 Å². The van der Waals surface area contributed by atoms with Gasteiger partial charge < -0.3 is 0 Å². The number of halogens is 3. The summed E-state index contributed by atoms with van der Waals surface area (Å²) in [5.74, 6) is 0. The third-order valence-electron chi connectivity index (χ3n) is 3.48. The quantitative estimate of drug-likeness (QED) is 0.595. The van der Waals surface area contributed by atoms with Crippen LogP contribution in [-0.4, -0.2) is 10.3 Å². The summed E-state index contributed by atoms with van der Waals surface area (Å²) < 4.78 is 37.9. The molecule has 0 aliphatic heterocycles. The van der Waals surface area contributed by atoms with Crippen LogP contribution in [0.5, 0.6) is 0 Å². The van der Waals surface area contributed by atoms with Crippen molar-refractivity contribution in [2.24, 2.45) is 0 Å². The van der Waals surface area contributed by atoms with Crippen molar-refractivity contribution < 1.29 is 13.2 Å². The van der Waals surface area contributed by atoms with Crippen molar-refractivity contribution in [3.63, 3.8) is 0 Å². The molecule has 0 bridgehead atoms. The first-order valence-corrected chi connectivity index (χ1v) is 7.73. The van der Waals surface area contributed by atoms with Gasteiger partial charge in [-0.2, -0.15) is 13.2 Å². The highest BCUT2D eigenvalue weighted by molar-refractivity contribution is 8.14. The molecular weight excluding hydrogens is 283 g/mol. The summed E-state index contributed by atoms with van der Waals surface area (Å²) in [6.07, 6.45) is 1.89. The molecular formula is C15H18F3NS. The molecule has 20 heavy (non-hydrogen) atoms. The lowest BCUT2D eigenvalue weighted by Gasteiger charge is -2.21. The summed E-state index contributed by atoms with van der Waals surface area (Å²) >= 11 is 1.53. The Morgan fingerprint density at radius 3 is 2.55 bits per heavy atom. The Kier molecular flexibility index (Phi) is 5.13. The summed E-state index contributed by atoms with van der Waals surface area (Å²) in [5.41, 5.74) is -0.0707. The van der Waals surface area contributed by atoms with E-state index in [9.17, 15) is 13.2 Å². The van der Waals surface area contributed by atoms with Crippen LogP contribution in [0.15, 0.2) is 24.3 Å². The van der Waals surface area contributed by atoms with E-state index < -0.39 is 11.7 Å². The molecule has 1 aromatic rings. The van der Waals surface area contributed by atoms with Crippen LogP contribution in [0.2, 0.25) is 0 Å². The fourth-order valence-corrected chi connectivity index (χ4v) is 3.69. The number of rotatable bonds is 3. The van der Waals surface area contributed by atoms with Gasteiger partial charge in [-0.05, 0) is 24.5 Å². The second kappa shape index (κ2) is 6.66. The standard InChI is InChI=1S/C15H18F3NS/c16-15(17,18)12-6-4-5-11(9-12)10-14(19)20-13-7-2-1-3-8-13/h4-6,9,13,19H,1-3,7-8,10H2. The van der Waals surface area contributed by atoms with Crippen molar-refractivity contribution >= 4 is 16.8 Å². The Balaban J connectivity index is 1.93. The van der Waals surface area contributed by atoms with Crippen LogP contribution >= 0.6 is 11.8 Å². The number of hydrogen-bond acceptors (Lipinski definition) is 2. The van der Waals surface area contributed by atoms with Crippen molar-refractivity contribution in [2.45, 2.75) is 50.0 Å². The largest absolute Gasteiger partial charge is 0.416 e. The first-order valence-electron chi connectivity index (χ1n) is 6.85. The monoisotopic (exact) mass is 301 g/mol. The van der Waals surface area contributed by atoms with Crippen LogP contribution in [0.3, 0.4) is 0 Å². The van der Waals surface area contributed by atoms with Crippen LogP contribution in [0.1, 0.15) is 43.2 Å². The normalized spacial score (nSPS) is 17.1. The predicted molar refractivity (Wildman–Crippen MR) is 77.3 cm³/mol. The zero-order chi connectivity index (χ0) is 14.6. The molecule has 1 aliphatic carbocycles. The summed E-state index contributed by atoms with van der Waals surface area (Å²) in [6, 6.07) is 5.29. The molecule has 0 radical (unpaired) electrons. The number of thioether (sulfide) groups is 1. The van der Waals surface area contributed by atoms with Gasteiger partial charge in [0.1, 0.15) is 0 Å². The number of hydrogen-bond donors (Lipinski definition) is 1. The molecule has 1 nitrogen and oxygen atoms in total. The smallest absolute Gasteiger partial charge is 0.298 e. The zero-order valence-corrected chi connectivity index (χ0v) is 12.0. The van der Waals surface area contributed by atoms with Gasteiger partial charge in [0.25, 0.3) is 0 Å². The topological polar surface area (TPSA) is 23.9 Å². The fourth-order valence-electron chi connectivity index (χ4n) is 2.47. The van der Waals surface area contributed by atoms with E-state index in [0.29, 0.717) is 22.3 Å². The van der Waals surface area contributed by atoms with Gasteiger partial charge in [-0.3, -0.25) is 5.41 Å². The Morgan fingerprint density at radius 1 is 1.20 bits per heavy atom. The number of benzene rings is 1. The molecule has 0 spiro atoms. The third-order valence-corrected chi connectivity index (χ3v) is 4.71. The van der Waals surface area contributed by atoms with E-state index in [2.05, 4.69) is 0 Å². The molecule has 2 rings (SSSR count). The van der Waals surface area contributed by atoms with Crippen LogP contribution in [-0.2, 0) is 12.6 Å². The van der Waals surface area contributed by atoms with Gasteiger partial charge in [-0.25, -0.2) is 0 Å². The first kappa shape index (κ1) is 15.4. The molecule has 0 unspecified atom stereocenters. The highest BCUT2D eigenvalue weighted by atomic mass is 32.2. The van der Waals surface area contributed by atoms with E-state index in [1.54, 1.807) is 6.07 Å². The van der Waals surface area contributed by atoms with E-state index in [0.717, 1.165) is 25.0 Å². The summed E-state index contributed by atoms with van der Waals surface area (Å²) in [7, 11) is 0. The Morgan fingerprint density at radius 2 is 1.90 bits per heavy atom. The maximum absolute atomic E-state index is 12.6. The van der Waals surface area contributed by atoms with Crippen LogP contribution in [0, 0.1) is 5.41 Å². The molecule has 1 aromatic carbocycles. The van der Waals surface area contributed by atoms with Gasteiger partial charge in [0.2, 0.25) is 0 Å². The predicted octanol–water partition coefficient (Wildman–Crippen LogP) is 5.29. The molecule has 0 amide bonds. The molecule has 0 atom stereocenters. The van der Waals surface area contributed by atoms with Crippen LogP contribution in [0.25, 0.3) is 0 Å². The van der Waals surface area contributed by atoms with Crippen molar-refractivity contribution in [3.05, 3.63) is 35.4 Å². The Bertz CT molecular complexity index is 464. The van der Waals surface area contributed by atoms with E-state index in [1.165, 1.54) is 37.1 Å². The van der Waals surface area contributed by atoms with Crippen LogP contribution < -0.4 is 0 Å². The van der Waals surface area contributed by atoms with Gasteiger partial charge >= 0.3 is 6.18 Å². The molecule has 1 aliphatic rings. The number of alkyl halides is 3. The minimum atomic E-state index is -4.31. The van der Waals surface area contributed by atoms with Crippen molar-refractivity contribution in [1.29, 1.82) is 5.41 Å². The lowest BCUT2D eigenvalue weighted by molar-refractivity contribution is -0.137. The highest BCUT2D eigenvalue weighted by Gasteiger charge is 2.30. The van der Waals surface area contributed by atoms with Crippen molar-refractivity contribution in [1.82, 2.24) is 0 Å². The molecule has 0 heterocycles. The average molecular weight is 301 g/mol. The van der Waals surface area contributed by atoms with E-state index in [1.807, 2.05) is 0 Å². The average Bonchev–Trinajstić information content (AvgIpc) is 2.39.